The van der Waals surface area contributed by atoms with E-state index in [9.17, 15) is 9.59 Å². The first-order valence-electron chi connectivity index (χ1n) is 12.9. The van der Waals surface area contributed by atoms with Gasteiger partial charge in [0, 0.05) is 0 Å². The zero-order valence-corrected chi connectivity index (χ0v) is 21.7. The summed E-state index contributed by atoms with van der Waals surface area (Å²) in [7, 11) is 0. The summed E-state index contributed by atoms with van der Waals surface area (Å²) in [6, 6.07) is 27.5. The molecule has 0 fully saturated rings. The van der Waals surface area contributed by atoms with Gasteiger partial charge >= 0.3 is 0 Å². The van der Waals surface area contributed by atoms with E-state index in [1.165, 1.54) is 21.1 Å². The van der Waals surface area contributed by atoms with Crippen LogP contribution in [-0.2, 0) is 22.4 Å². The molecule has 0 radical (unpaired) electrons. The van der Waals surface area contributed by atoms with E-state index in [1.807, 2.05) is 86.7 Å². The Morgan fingerprint density at radius 3 is 1.45 bits per heavy atom. The van der Waals surface area contributed by atoms with Crippen LogP contribution in [0.15, 0.2) is 118 Å². The normalized spacial score (nSPS) is 17.5. The maximum atomic E-state index is 12.9. The molecule has 3 aromatic rings. The lowest BCUT2D eigenvalue weighted by molar-refractivity contribution is -0.115. The Morgan fingerprint density at radius 1 is 0.605 bits per heavy atom. The van der Waals surface area contributed by atoms with Crippen LogP contribution in [0.5, 0.6) is 0 Å². The van der Waals surface area contributed by atoms with Gasteiger partial charge < -0.3 is 0 Å². The molecule has 0 bridgehead atoms. The quantitative estimate of drug-likeness (QED) is 0.342. The summed E-state index contributed by atoms with van der Waals surface area (Å²) in [5.41, 5.74) is 6.80. The fourth-order valence-electron chi connectivity index (χ4n) is 4.70. The molecule has 0 spiro atoms. The number of rotatable bonds is 8. The third-order valence-corrected chi connectivity index (χ3v) is 6.68. The lowest BCUT2D eigenvalue weighted by Crippen LogP contribution is -2.21. The second-order valence-electron chi connectivity index (χ2n) is 9.41. The predicted octanol–water partition coefficient (Wildman–Crippen LogP) is 6.25. The van der Waals surface area contributed by atoms with Crippen LogP contribution in [0.4, 0.5) is 11.4 Å². The number of nitrogens with zero attached hydrogens (tertiary/aromatic N) is 4. The monoisotopic (exact) mass is 502 g/mol. The highest BCUT2D eigenvalue weighted by molar-refractivity contribution is 6.30. The van der Waals surface area contributed by atoms with Crippen LogP contribution in [0.25, 0.3) is 0 Å². The van der Waals surface area contributed by atoms with Gasteiger partial charge in [0.25, 0.3) is 11.8 Å². The minimum atomic E-state index is -0.0818. The molecule has 2 aliphatic heterocycles. The summed E-state index contributed by atoms with van der Waals surface area (Å²) in [4.78, 5) is 25.8. The predicted molar refractivity (Wildman–Crippen MR) is 153 cm³/mol. The van der Waals surface area contributed by atoms with Crippen molar-refractivity contribution in [3.8, 4) is 0 Å². The number of amides is 2. The van der Waals surface area contributed by atoms with Crippen molar-refractivity contribution < 1.29 is 9.59 Å². The van der Waals surface area contributed by atoms with Gasteiger partial charge in [-0.2, -0.15) is 20.2 Å². The molecule has 0 aromatic heterocycles. The van der Waals surface area contributed by atoms with E-state index < -0.39 is 0 Å². The summed E-state index contributed by atoms with van der Waals surface area (Å²) in [5, 5.41) is 11.8. The first kappa shape index (κ1) is 25.1. The van der Waals surface area contributed by atoms with Crippen molar-refractivity contribution in [3.63, 3.8) is 0 Å². The molecule has 0 unspecified atom stereocenters. The molecule has 0 atom stereocenters. The van der Waals surface area contributed by atoms with E-state index >= 15 is 0 Å². The van der Waals surface area contributed by atoms with Crippen molar-refractivity contribution in [2.24, 2.45) is 10.2 Å². The Labute approximate surface area is 223 Å². The molecule has 2 amide bonds. The van der Waals surface area contributed by atoms with E-state index in [2.05, 4.69) is 34.5 Å². The zero-order chi connectivity index (χ0) is 26.5. The largest absolute Gasteiger partial charge is 0.280 e. The topological polar surface area (TPSA) is 65.3 Å². The van der Waals surface area contributed by atoms with Gasteiger partial charge in [-0.15, -0.1) is 0 Å². The highest BCUT2D eigenvalue weighted by Gasteiger charge is 2.29. The number of anilines is 2. The summed E-state index contributed by atoms with van der Waals surface area (Å²) < 4.78 is 0. The molecule has 6 heteroatoms. The number of carbonyl (C=O) groups excluding carboxylic acids is 2. The summed E-state index contributed by atoms with van der Waals surface area (Å²) in [5.74, 6) is -0.164. The van der Waals surface area contributed by atoms with Crippen LogP contribution in [0.2, 0.25) is 0 Å². The van der Waals surface area contributed by atoms with Crippen molar-refractivity contribution in [1.82, 2.24) is 0 Å². The SMILES string of the molecule is CC1=NN(c2ccccc2)C(=O)/C1=C\CCc1cccc(CC/C=C2\C(=O)N(c3ccccc3)N=C2C)c1. The fourth-order valence-corrected chi connectivity index (χ4v) is 4.70. The standard InChI is InChI=1S/C32H30N4O2/c1-23-29(31(37)35(33-23)27-16-5-3-6-17-27)20-10-14-25-12-9-13-26(22-25)15-11-21-30-24(2)34-36(32(30)38)28-18-7-4-8-19-28/h3-9,12-13,16-22H,10-11,14-15H2,1-2H3/b29-20-,30-21-. The summed E-state index contributed by atoms with van der Waals surface area (Å²) >= 11 is 0. The van der Waals surface area contributed by atoms with E-state index in [0.717, 1.165) is 48.5 Å². The average Bonchev–Trinajstić information content (AvgIpc) is 3.39. The molecule has 0 N–H and O–H groups in total. The fraction of sp³-hybridized carbons (Fsp3) is 0.188. The van der Waals surface area contributed by atoms with Crippen molar-refractivity contribution in [2.75, 3.05) is 10.0 Å². The highest BCUT2D eigenvalue weighted by Crippen LogP contribution is 2.25. The Bertz CT molecular complexity index is 1360. The number of benzene rings is 3. The van der Waals surface area contributed by atoms with Crippen molar-refractivity contribution >= 4 is 34.6 Å². The molecular formula is C32H30N4O2. The molecule has 190 valence electrons. The van der Waals surface area contributed by atoms with Gasteiger partial charge in [0.15, 0.2) is 0 Å². The molecule has 0 aliphatic carbocycles. The maximum Gasteiger partial charge on any atom is 0.280 e. The summed E-state index contributed by atoms with van der Waals surface area (Å²) in [6.45, 7) is 3.75. The number of para-hydroxylation sites is 2. The zero-order valence-electron chi connectivity index (χ0n) is 21.7. The van der Waals surface area contributed by atoms with Gasteiger partial charge in [0.1, 0.15) is 0 Å². The second-order valence-corrected chi connectivity index (χ2v) is 9.41. The van der Waals surface area contributed by atoms with Crippen molar-refractivity contribution in [1.29, 1.82) is 0 Å². The van der Waals surface area contributed by atoms with E-state index in [1.54, 1.807) is 0 Å². The second kappa shape index (κ2) is 11.2. The number of carbonyl (C=O) groups is 2. The number of hydrogen-bond acceptors (Lipinski definition) is 4. The molecule has 2 aliphatic rings. The van der Waals surface area contributed by atoms with Crippen molar-refractivity contribution in [2.45, 2.75) is 39.5 Å². The van der Waals surface area contributed by atoms with Gasteiger partial charge in [-0.05, 0) is 74.9 Å². The Hall–Kier alpha value is -4.58. The molecular weight excluding hydrogens is 472 g/mol. The third-order valence-electron chi connectivity index (χ3n) is 6.68. The van der Waals surface area contributed by atoms with Gasteiger partial charge in [0.05, 0.1) is 33.9 Å². The average molecular weight is 503 g/mol. The number of aryl methyl sites for hydroxylation is 2. The number of hydrogen-bond donors (Lipinski definition) is 0. The van der Waals surface area contributed by atoms with Gasteiger partial charge in [-0.25, -0.2) is 0 Å². The molecule has 5 rings (SSSR count). The first-order valence-corrected chi connectivity index (χ1v) is 12.9. The molecule has 38 heavy (non-hydrogen) atoms. The molecule has 0 saturated heterocycles. The van der Waals surface area contributed by atoms with Gasteiger partial charge in [0.2, 0.25) is 0 Å². The van der Waals surface area contributed by atoms with Crippen LogP contribution in [-0.4, -0.2) is 23.2 Å². The van der Waals surface area contributed by atoms with Crippen LogP contribution >= 0.6 is 0 Å². The third kappa shape index (κ3) is 5.39. The molecule has 0 saturated carbocycles. The minimum absolute atomic E-state index is 0.0818. The Kier molecular flexibility index (Phi) is 7.40. The lowest BCUT2D eigenvalue weighted by atomic mass is 10.0. The van der Waals surface area contributed by atoms with E-state index in [0.29, 0.717) is 11.1 Å². The maximum absolute atomic E-state index is 12.9. The van der Waals surface area contributed by atoms with E-state index in [4.69, 9.17) is 0 Å². The van der Waals surface area contributed by atoms with Crippen molar-refractivity contribution in [3.05, 3.63) is 119 Å². The Morgan fingerprint density at radius 2 is 1.03 bits per heavy atom. The number of hydrazone groups is 2. The molecule has 6 nitrogen and oxygen atoms in total. The van der Waals surface area contributed by atoms with Crippen LogP contribution in [0, 0.1) is 0 Å². The van der Waals surface area contributed by atoms with Crippen LogP contribution in [0.1, 0.15) is 37.8 Å². The van der Waals surface area contributed by atoms with Gasteiger partial charge in [-0.1, -0.05) is 72.8 Å². The van der Waals surface area contributed by atoms with Crippen LogP contribution < -0.4 is 10.0 Å². The lowest BCUT2D eigenvalue weighted by Gasteiger charge is -2.11. The minimum Gasteiger partial charge on any atom is -0.267 e. The highest BCUT2D eigenvalue weighted by atomic mass is 16.2. The molecule has 2 heterocycles. The Balaban J connectivity index is 1.17. The number of allylic oxidation sites excluding steroid dienone is 2. The summed E-state index contributed by atoms with van der Waals surface area (Å²) in [6.07, 6.45) is 7.16. The van der Waals surface area contributed by atoms with E-state index in [-0.39, 0.29) is 11.8 Å². The van der Waals surface area contributed by atoms with Crippen LogP contribution in [0.3, 0.4) is 0 Å². The molecule has 3 aromatic carbocycles. The van der Waals surface area contributed by atoms with Gasteiger partial charge in [-0.3, -0.25) is 9.59 Å². The smallest absolute Gasteiger partial charge is 0.267 e. The first-order chi connectivity index (χ1) is 18.5.